The first-order valence-electron chi connectivity index (χ1n) is 13.2. The summed E-state index contributed by atoms with van der Waals surface area (Å²) in [5.41, 5.74) is 2.97. The number of hydrogen-bond acceptors (Lipinski definition) is 7. The van der Waals surface area contributed by atoms with Crippen molar-refractivity contribution in [2.75, 3.05) is 12.9 Å². The van der Waals surface area contributed by atoms with Crippen LogP contribution in [0.4, 0.5) is 0 Å². The summed E-state index contributed by atoms with van der Waals surface area (Å²) in [7, 11) is 0. The quantitative estimate of drug-likeness (QED) is 0.154. The summed E-state index contributed by atoms with van der Waals surface area (Å²) in [6.07, 6.45) is 3.72. The predicted octanol–water partition coefficient (Wildman–Crippen LogP) is 6.57. The number of esters is 1. The number of carbonyl (C=O) groups is 1. The Hall–Kier alpha value is -4.11. The lowest BCUT2D eigenvalue weighted by Gasteiger charge is -2.26. The summed E-state index contributed by atoms with van der Waals surface area (Å²) in [5.74, 6) is 0.680. The number of halogens is 1. The molecule has 0 N–H and O–H groups in total. The molecule has 0 fully saturated rings. The third kappa shape index (κ3) is 5.41. The van der Waals surface area contributed by atoms with Gasteiger partial charge in [0, 0.05) is 27.1 Å². The number of thiazole rings is 1. The van der Waals surface area contributed by atoms with Crippen molar-refractivity contribution in [1.29, 1.82) is 0 Å². The molecular formula is C33H25ClN2O4S2. The fourth-order valence-electron chi connectivity index (χ4n) is 4.87. The fourth-order valence-corrected chi connectivity index (χ4v) is 6.39. The number of furan rings is 1. The van der Waals surface area contributed by atoms with Crippen LogP contribution in [0.1, 0.15) is 29.9 Å². The highest BCUT2D eigenvalue weighted by Crippen LogP contribution is 2.35. The van der Waals surface area contributed by atoms with Crippen LogP contribution >= 0.6 is 34.7 Å². The van der Waals surface area contributed by atoms with Gasteiger partial charge in [-0.05, 0) is 67.3 Å². The molecule has 0 spiro atoms. The number of carbonyl (C=O) groups excluding carboxylic acids is 1. The lowest BCUT2D eigenvalue weighted by Crippen LogP contribution is -2.40. The van der Waals surface area contributed by atoms with Crippen molar-refractivity contribution in [1.82, 2.24) is 4.57 Å². The summed E-state index contributed by atoms with van der Waals surface area (Å²) in [5, 5.41) is 0.640. The lowest BCUT2D eigenvalue weighted by molar-refractivity contribution is -0.138. The van der Waals surface area contributed by atoms with E-state index in [1.165, 1.54) is 11.3 Å². The zero-order valence-electron chi connectivity index (χ0n) is 22.7. The standard InChI is InChI=1S/C33H25ClN2O4S2/c1-3-39-32(38)28-29(21-7-5-4-6-8-21)35-33-36(30(28)22-11-16-25(41-2)17-12-22)31(37)27(42-33)19-24-15-18-26(40-24)20-9-13-23(34)14-10-20/h4-19,30H,3H2,1-2H3/b27-19-. The average Bonchev–Trinajstić information content (AvgIpc) is 3.61. The number of thioether (sulfide) groups is 1. The molecule has 2 aromatic heterocycles. The highest BCUT2D eigenvalue weighted by Gasteiger charge is 2.35. The normalized spacial score (nSPS) is 14.9. The zero-order chi connectivity index (χ0) is 29.2. The van der Waals surface area contributed by atoms with Gasteiger partial charge in [0.1, 0.15) is 11.5 Å². The number of fused-ring (bicyclic) bond motifs is 1. The summed E-state index contributed by atoms with van der Waals surface area (Å²) in [6, 6.07) is 27.7. The fraction of sp³-hybridized carbons (Fsp3) is 0.121. The van der Waals surface area contributed by atoms with E-state index in [0.717, 1.165) is 21.6 Å². The first-order chi connectivity index (χ1) is 20.5. The Morgan fingerprint density at radius 3 is 2.45 bits per heavy atom. The Morgan fingerprint density at radius 1 is 1.02 bits per heavy atom. The molecule has 0 amide bonds. The zero-order valence-corrected chi connectivity index (χ0v) is 25.1. The summed E-state index contributed by atoms with van der Waals surface area (Å²) < 4.78 is 13.6. The van der Waals surface area contributed by atoms with Crippen LogP contribution < -0.4 is 14.9 Å². The van der Waals surface area contributed by atoms with Gasteiger partial charge < -0.3 is 9.15 Å². The van der Waals surface area contributed by atoms with Crippen LogP contribution in [0.3, 0.4) is 0 Å². The van der Waals surface area contributed by atoms with Crippen molar-refractivity contribution < 1.29 is 13.9 Å². The Kier molecular flexibility index (Phi) is 8.02. The second-order valence-electron chi connectivity index (χ2n) is 9.41. The molecule has 0 saturated heterocycles. The first-order valence-corrected chi connectivity index (χ1v) is 15.7. The molecule has 0 saturated carbocycles. The maximum Gasteiger partial charge on any atom is 0.338 e. The Bertz CT molecular complexity index is 1970. The molecular weight excluding hydrogens is 588 g/mol. The molecule has 3 aromatic carbocycles. The van der Waals surface area contributed by atoms with Gasteiger partial charge >= 0.3 is 5.97 Å². The minimum absolute atomic E-state index is 0.196. The largest absolute Gasteiger partial charge is 0.463 e. The van der Waals surface area contributed by atoms with E-state index in [0.29, 0.717) is 37.1 Å². The molecule has 42 heavy (non-hydrogen) atoms. The summed E-state index contributed by atoms with van der Waals surface area (Å²) >= 11 is 8.91. The van der Waals surface area contributed by atoms with Crippen LogP contribution in [0.25, 0.3) is 23.1 Å². The number of hydrogen-bond donors (Lipinski definition) is 0. The molecule has 1 aliphatic heterocycles. The van der Waals surface area contributed by atoms with E-state index < -0.39 is 12.0 Å². The van der Waals surface area contributed by atoms with Gasteiger partial charge in [-0.2, -0.15) is 0 Å². The molecule has 9 heteroatoms. The van der Waals surface area contributed by atoms with E-state index in [4.69, 9.17) is 25.7 Å². The summed E-state index contributed by atoms with van der Waals surface area (Å²) in [6.45, 7) is 1.96. The lowest BCUT2D eigenvalue weighted by atomic mass is 9.93. The number of ether oxygens (including phenoxy) is 1. The van der Waals surface area contributed by atoms with Crippen molar-refractivity contribution >= 4 is 52.4 Å². The molecule has 5 aromatic rings. The van der Waals surface area contributed by atoms with Crippen molar-refractivity contribution in [3.05, 3.63) is 138 Å². The van der Waals surface area contributed by atoms with E-state index in [1.54, 1.807) is 41.5 Å². The van der Waals surface area contributed by atoms with Crippen molar-refractivity contribution in [2.24, 2.45) is 4.99 Å². The molecule has 3 heterocycles. The van der Waals surface area contributed by atoms with Crippen LogP contribution in [0.5, 0.6) is 0 Å². The van der Waals surface area contributed by atoms with E-state index >= 15 is 0 Å². The van der Waals surface area contributed by atoms with Gasteiger partial charge in [0.2, 0.25) is 0 Å². The van der Waals surface area contributed by atoms with Crippen molar-refractivity contribution in [3.63, 3.8) is 0 Å². The van der Waals surface area contributed by atoms with Crippen LogP contribution in [-0.2, 0) is 9.53 Å². The molecule has 6 rings (SSSR count). The monoisotopic (exact) mass is 612 g/mol. The van der Waals surface area contributed by atoms with Gasteiger partial charge in [-0.25, -0.2) is 9.79 Å². The van der Waals surface area contributed by atoms with E-state index in [1.807, 2.05) is 85.1 Å². The third-order valence-corrected chi connectivity index (χ3v) is 8.81. The molecule has 210 valence electrons. The van der Waals surface area contributed by atoms with Gasteiger partial charge in [0.05, 0.1) is 28.5 Å². The molecule has 0 bridgehead atoms. The maximum atomic E-state index is 14.1. The van der Waals surface area contributed by atoms with Crippen LogP contribution in [0.15, 0.2) is 116 Å². The molecule has 6 nitrogen and oxygen atoms in total. The number of aromatic nitrogens is 1. The Morgan fingerprint density at radius 2 is 1.76 bits per heavy atom. The highest BCUT2D eigenvalue weighted by atomic mass is 35.5. The molecule has 1 unspecified atom stereocenters. The maximum absolute atomic E-state index is 14.1. The van der Waals surface area contributed by atoms with Crippen LogP contribution in [0.2, 0.25) is 5.02 Å². The number of nitrogens with zero attached hydrogens (tertiary/aromatic N) is 2. The second-order valence-corrected chi connectivity index (χ2v) is 11.7. The summed E-state index contributed by atoms with van der Waals surface area (Å²) in [4.78, 5) is 34.1. The molecule has 1 aliphatic rings. The van der Waals surface area contributed by atoms with Gasteiger partial charge in [-0.3, -0.25) is 9.36 Å². The first kappa shape index (κ1) is 28.0. The van der Waals surface area contributed by atoms with Gasteiger partial charge in [-0.15, -0.1) is 11.8 Å². The van der Waals surface area contributed by atoms with Crippen LogP contribution in [0, 0.1) is 0 Å². The SMILES string of the molecule is CCOC(=O)C1=C(c2ccccc2)N=c2s/c(=C\c3ccc(-c4ccc(Cl)cc4)o3)c(=O)n2C1c1ccc(SC)cc1. The topological polar surface area (TPSA) is 73.8 Å². The number of benzene rings is 3. The highest BCUT2D eigenvalue weighted by molar-refractivity contribution is 7.98. The molecule has 0 radical (unpaired) electrons. The molecule has 0 aliphatic carbocycles. The third-order valence-electron chi connectivity index (χ3n) is 6.83. The van der Waals surface area contributed by atoms with E-state index in [-0.39, 0.29) is 12.2 Å². The van der Waals surface area contributed by atoms with Gasteiger partial charge in [-0.1, -0.05) is 65.4 Å². The van der Waals surface area contributed by atoms with E-state index in [2.05, 4.69) is 0 Å². The van der Waals surface area contributed by atoms with Gasteiger partial charge in [0.15, 0.2) is 4.80 Å². The second kappa shape index (κ2) is 12.0. The minimum atomic E-state index is -0.727. The minimum Gasteiger partial charge on any atom is -0.463 e. The van der Waals surface area contributed by atoms with Crippen LogP contribution in [-0.4, -0.2) is 23.4 Å². The smallest absolute Gasteiger partial charge is 0.338 e. The average molecular weight is 613 g/mol. The van der Waals surface area contributed by atoms with Crippen molar-refractivity contribution in [3.8, 4) is 11.3 Å². The number of rotatable bonds is 7. The Labute approximate surface area is 255 Å². The predicted molar refractivity (Wildman–Crippen MR) is 168 cm³/mol. The van der Waals surface area contributed by atoms with Crippen molar-refractivity contribution in [2.45, 2.75) is 17.9 Å². The Balaban J connectivity index is 1.55. The van der Waals surface area contributed by atoms with Gasteiger partial charge in [0.25, 0.3) is 5.56 Å². The van der Waals surface area contributed by atoms with E-state index in [9.17, 15) is 9.59 Å². The molecule has 1 atom stereocenters.